The van der Waals surface area contributed by atoms with E-state index in [1.165, 1.54) is 20.9 Å². The highest BCUT2D eigenvalue weighted by Crippen LogP contribution is 2.38. The number of anilines is 1. The lowest BCUT2D eigenvalue weighted by molar-refractivity contribution is 0.0507. The molecule has 0 radical (unpaired) electrons. The predicted molar refractivity (Wildman–Crippen MR) is 178 cm³/mol. The maximum absolute atomic E-state index is 13.7. The van der Waals surface area contributed by atoms with Crippen LogP contribution >= 0.6 is 0 Å². The Hall–Kier alpha value is -4.84. The van der Waals surface area contributed by atoms with Crippen molar-refractivity contribution in [2.75, 3.05) is 4.90 Å². The standard InChI is InChI=1S/C39H38N2O4/c1-9-39(7,8)26-12-16-28(22(2)18-26)29-17-13-27(19-23(29)3)40-34(42)30-14-10-24(20-32(30)35(40)43)25-11-15-31-33(21-25)37(45)41(36(31)44)38(4,5)6/h10-21H,9H2,1-8H3. The lowest BCUT2D eigenvalue weighted by Gasteiger charge is -2.29. The second-order valence-corrected chi connectivity index (χ2v) is 13.8. The summed E-state index contributed by atoms with van der Waals surface area (Å²) in [6.45, 7) is 16.3. The van der Waals surface area contributed by atoms with Crippen LogP contribution in [0.25, 0.3) is 22.3 Å². The van der Waals surface area contributed by atoms with Crippen LogP contribution in [0, 0.1) is 13.8 Å². The fourth-order valence-corrected chi connectivity index (χ4v) is 6.36. The number of imide groups is 2. The zero-order chi connectivity index (χ0) is 32.6. The molecule has 0 atom stereocenters. The molecule has 228 valence electrons. The number of nitrogens with zero attached hydrogens (tertiary/aromatic N) is 2. The molecule has 0 saturated heterocycles. The summed E-state index contributed by atoms with van der Waals surface area (Å²) in [7, 11) is 0. The first kappa shape index (κ1) is 30.2. The fraction of sp³-hybridized carbons (Fsp3) is 0.282. The number of aryl methyl sites for hydroxylation is 2. The summed E-state index contributed by atoms with van der Waals surface area (Å²) in [4.78, 5) is 55.8. The largest absolute Gasteiger partial charge is 0.269 e. The topological polar surface area (TPSA) is 74.8 Å². The van der Waals surface area contributed by atoms with Gasteiger partial charge in [-0.2, -0.15) is 0 Å². The van der Waals surface area contributed by atoms with E-state index in [1.54, 1.807) is 36.4 Å². The molecule has 0 fully saturated rings. The molecule has 4 aromatic carbocycles. The zero-order valence-electron chi connectivity index (χ0n) is 27.2. The van der Waals surface area contributed by atoms with Gasteiger partial charge in [-0.1, -0.05) is 57.2 Å². The van der Waals surface area contributed by atoms with E-state index in [0.29, 0.717) is 39.1 Å². The van der Waals surface area contributed by atoms with Gasteiger partial charge in [-0.3, -0.25) is 24.1 Å². The second kappa shape index (κ2) is 10.4. The number of carbonyl (C=O) groups is 4. The monoisotopic (exact) mass is 598 g/mol. The Morgan fingerprint density at radius 3 is 1.53 bits per heavy atom. The van der Waals surface area contributed by atoms with Crippen LogP contribution in [0.1, 0.15) is 106 Å². The molecule has 2 aliphatic heterocycles. The first-order valence-corrected chi connectivity index (χ1v) is 15.4. The van der Waals surface area contributed by atoms with Gasteiger partial charge >= 0.3 is 0 Å². The Kier molecular flexibility index (Phi) is 6.96. The molecule has 2 aliphatic rings. The number of hydrogen-bond donors (Lipinski definition) is 0. The zero-order valence-corrected chi connectivity index (χ0v) is 27.2. The Morgan fingerprint density at radius 1 is 0.533 bits per heavy atom. The van der Waals surface area contributed by atoms with Gasteiger partial charge in [0.1, 0.15) is 0 Å². The number of fused-ring (bicyclic) bond motifs is 2. The molecular formula is C39H38N2O4. The highest BCUT2D eigenvalue weighted by Gasteiger charge is 2.42. The molecule has 4 aromatic rings. The predicted octanol–water partition coefficient (Wildman–Crippen LogP) is 8.52. The Labute approximate surface area is 264 Å². The summed E-state index contributed by atoms with van der Waals surface area (Å²) in [5.41, 5.74) is 8.34. The summed E-state index contributed by atoms with van der Waals surface area (Å²) in [5, 5.41) is 0. The lowest BCUT2D eigenvalue weighted by Crippen LogP contribution is -2.45. The van der Waals surface area contributed by atoms with Crippen LogP contribution in [0.4, 0.5) is 5.69 Å². The second-order valence-electron chi connectivity index (χ2n) is 13.8. The van der Waals surface area contributed by atoms with Gasteiger partial charge in [0.2, 0.25) is 0 Å². The van der Waals surface area contributed by atoms with Gasteiger partial charge in [0, 0.05) is 5.54 Å². The average molecular weight is 599 g/mol. The third-order valence-corrected chi connectivity index (χ3v) is 9.43. The van der Waals surface area contributed by atoms with Gasteiger partial charge in [-0.15, -0.1) is 0 Å². The van der Waals surface area contributed by atoms with Gasteiger partial charge in [-0.25, -0.2) is 4.90 Å². The summed E-state index contributed by atoms with van der Waals surface area (Å²) >= 11 is 0. The molecule has 0 bridgehead atoms. The third kappa shape index (κ3) is 4.80. The van der Waals surface area contributed by atoms with Gasteiger partial charge in [-0.05, 0) is 122 Å². The van der Waals surface area contributed by atoms with E-state index in [9.17, 15) is 19.2 Å². The molecule has 0 N–H and O–H groups in total. The van der Waals surface area contributed by atoms with Crippen molar-refractivity contribution in [2.24, 2.45) is 0 Å². The lowest BCUT2D eigenvalue weighted by atomic mass is 9.80. The van der Waals surface area contributed by atoms with Crippen molar-refractivity contribution in [3.8, 4) is 22.3 Å². The third-order valence-electron chi connectivity index (χ3n) is 9.43. The number of amides is 4. The quantitative estimate of drug-likeness (QED) is 0.216. The first-order valence-electron chi connectivity index (χ1n) is 15.4. The molecule has 0 aliphatic carbocycles. The highest BCUT2D eigenvalue weighted by atomic mass is 16.2. The summed E-state index contributed by atoms with van der Waals surface area (Å²) in [5.74, 6) is -1.41. The van der Waals surface area contributed by atoms with Crippen LogP contribution in [0.3, 0.4) is 0 Å². The van der Waals surface area contributed by atoms with Gasteiger partial charge < -0.3 is 0 Å². The van der Waals surface area contributed by atoms with Crippen LogP contribution in [-0.4, -0.2) is 34.1 Å². The normalized spacial score (nSPS) is 14.8. The van der Waals surface area contributed by atoms with Crippen molar-refractivity contribution in [1.82, 2.24) is 4.90 Å². The summed E-state index contributed by atoms with van der Waals surface area (Å²) < 4.78 is 0. The number of benzene rings is 4. The van der Waals surface area contributed by atoms with E-state index in [1.807, 2.05) is 45.9 Å². The Bertz CT molecular complexity index is 1960. The average Bonchev–Trinajstić information content (AvgIpc) is 3.40. The first-order chi connectivity index (χ1) is 21.1. The highest BCUT2D eigenvalue weighted by molar-refractivity contribution is 6.34. The maximum Gasteiger partial charge on any atom is 0.266 e. The van der Waals surface area contributed by atoms with Gasteiger partial charge in [0.25, 0.3) is 23.6 Å². The van der Waals surface area contributed by atoms with Crippen molar-refractivity contribution < 1.29 is 19.2 Å². The molecule has 45 heavy (non-hydrogen) atoms. The van der Waals surface area contributed by atoms with Crippen molar-refractivity contribution in [3.05, 3.63) is 112 Å². The number of carbonyl (C=O) groups excluding carboxylic acids is 4. The molecule has 0 saturated carbocycles. The van der Waals surface area contributed by atoms with Crippen LogP contribution in [0.15, 0.2) is 72.8 Å². The van der Waals surface area contributed by atoms with Crippen LogP contribution in [0.5, 0.6) is 0 Å². The van der Waals surface area contributed by atoms with Crippen LogP contribution in [-0.2, 0) is 5.41 Å². The molecule has 6 heteroatoms. The summed E-state index contributed by atoms with van der Waals surface area (Å²) in [6, 6.07) is 22.6. The van der Waals surface area contributed by atoms with E-state index in [2.05, 4.69) is 45.9 Å². The molecule has 0 aromatic heterocycles. The van der Waals surface area contributed by atoms with Crippen molar-refractivity contribution in [3.63, 3.8) is 0 Å². The molecule has 2 heterocycles. The van der Waals surface area contributed by atoms with E-state index < -0.39 is 11.4 Å². The smallest absolute Gasteiger partial charge is 0.266 e. The van der Waals surface area contributed by atoms with Gasteiger partial charge in [0.15, 0.2) is 0 Å². The maximum atomic E-state index is 13.7. The minimum absolute atomic E-state index is 0.0952. The Balaban J connectivity index is 1.30. The minimum Gasteiger partial charge on any atom is -0.269 e. The molecule has 4 amide bonds. The van der Waals surface area contributed by atoms with Crippen molar-refractivity contribution in [2.45, 2.75) is 72.8 Å². The minimum atomic E-state index is -0.650. The number of rotatable bonds is 5. The Morgan fingerprint density at radius 2 is 1.00 bits per heavy atom. The van der Waals surface area contributed by atoms with E-state index in [-0.39, 0.29) is 23.1 Å². The SMILES string of the molecule is CCC(C)(C)c1ccc(-c2ccc(N3C(=O)c4ccc(-c5ccc6c(c5)C(=O)N(C(C)(C)C)C6=O)cc4C3=O)cc2C)c(C)c1. The van der Waals surface area contributed by atoms with Gasteiger partial charge in [0.05, 0.1) is 27.9 Å². The molecule has 0 unspecified atom stereocenters. The molecular weight excluding hydrogens is 560 g/mol. The van der Waals surface area contributed by atoms with Crippen LogP contribution in [0.2, 0.25) is 0 Å². The van der Waals surface area contributed by atoms with Crippen molar-refractivity contribution in [1.29, 1.82) is 0 Å². The van der Waals surface area contributed by atoms with Crippen LogP contribution < -0.4 is 4.90 Å². The molecule has 6 rings (SSSR count). The molecule has 0 spiro atoms. The number of hydrogen-bond acceptors (Lipinski definition) is 4. The molecule has 6 nitrogen and oxygen atoms in total. The summed E-state index contributed by atoms with van der Waals surface area (Å²) in [6.07, 6.45) is 1.05. The van der Waals surface area contributed by atoms with E-state index in [4.69, 9.17) is 0 Å². The van der Waals surface area contributed by atoms with Crippen molar-refractivity contribution >= 4 is 29.3 Å². The van der Waals surface area contributed by atoms with E-state index >= 15 is 0 Å². The fourth-order valence-electron chi connectivity index (χ4n) is 6.36. The van der Waals surface area contributed by atoms with E-state index in [0.717, 1.165) is 23.1 Å².